The third-order valence-corrected chi connectivity index (χ3v) is 4.25. The van der Waals surface area contributed by atoms with Gasteiger partial charge in [0.15, 0.2) is 5.11 Å². The number of hydrogen-bond donors (Lipinski definition) is 2. The van der Waals surface area contributed by atoms with Gasteiger partial charge in [-0.2, -0.15) is 0 Å². The largest absolute Gasteiger partial charge is 0.497 e. The molecular formula is C19H24N2O2S. The number of methoxy groups -OCH3 is 2. The molecule has 2 N–H and O–H groups in total. The Hall–Kier alpha value is -2.27. The molecule has 128 valence electrons. The van der Waals surface area contributed by atoms with E-state index >= 15 is 0 Å². The van der Waals surface area contributed by atoms with Crippen LogP contribution in [-0.2, 0) is 0 Å². The van der Waals surface area contributed by atoms with Gasteiger partial charge in [0.25, 0.3) is 0 Å². The van der Waals surface area contributed by atoms with E-state index in [-0.39, 0.29) is 6.04 Å². The van der Waals surface area contributed by atoms with E-state index in [0.717, 1.165) is 11.4 Å². The van der Waals surface area contributed by atoms with Crippen LogP contribution in [0.25, 0.3) is 0 Å². The highest BCUT2D eigenvalue weighted by Crippen LogP contribution is 2.29. The maximum absolute atomic E-state index is 5.44. The summed E-state index contributed by atoms with van der Waals surface area (Å²) in [6.07, 6.45) is 0. The molecule has 2 aromatic carbocycles. The zero-order valence-corrected chi connectivity index (χ0v) is 15.6. The van der Waals surface area contributed by atoms with Crippen LogP contribution < -0.4 is 20.1 Å². The number of hydrogen-bond acceptors (Lipinski definition) is 3. The lowest BCUT2D eigenvalue weighted by Crippen LogP contribution is -2.31. The molecule has 2 aromatic rings. The van der Waals surface area contributed by atoms with Gasteiger partial charge < -0.3 is 20.1 Å². The van der Waals surface area contributed by atoms with Crippen molar-refractivity contribution in [1.29, 1.82) is 0 Å². The number of ether oxygens (including phenoxy) is 2. The molecule has 24 heavy (non-hydrogen) atoms. The fourth-order valence-corrected chi connectivity index (χ4v) is 2.67. The van der Waals surface area contributed by atoms with E-state index in [9.17, 15) is 0 Å². The zero-order chi connectivity index (χ0) is 17.7. The topological polar surface area (TPSA) is 42.5 Å². The molecular weight excluding hydrogens is 320 g/mol. The highest BCUT2D eigenvalue weighted by Gasteiger charge is 2.11. The second-order valence-electron chi connectivity index (χ2n) is 5.73. The van der Waals surface area contributed by atoms with Crippen molar-refractivity contribution in [3.8, 4) is 11.5 Å². The zero-order valence-electron chi connectivity index (χ0n) is 14.8. The Morgan fingerprint density at radius 3 is 2.38 bits per heavy atom. The third-order valence-electron chi connectivity index (χ3n) is 4.03. The van der Waals surface area contributed by atoms with Crippen LogP contribution in [0.5, 0.6) is 11.5 Å². The predicted molar refractivity (Wildman–Crippen MR) is 103 cm³/mol. The van der Waals surface area contributed by atoms with Crippen molar-refractivity contribution in [3.05, 3.63) is 53.1 Å². The van der Waals surface area contributed by atoms with Gasteiger partial charge in [-0.3, -0.25) is 0 Å². The quantitative estimate of drug-likeness (QED) is 0.789. The van der Waals surface area contributed by atoms with Crippen molar-refractivity contribution in [2.24, 2.45) is 0 Å². The Morgan fingerprint density at radius 1 is 1.00 bits per heavy atom. The molecule has 0 aromatic heterocycles. The molecule has 0 aliphatic heterocycles. The molecule has 0 amide bonds. The number of benzene rings is 2. The first-order valence-corrected chi connectivity index (χ1v) is 8.22. The van der Waals surface area contributed by atoms with Gasteiger partial charge in [-0.1, -0.05) is 18.2 Å². The van der Waals surface area contributed by atoms with Crippen LogP contribution in [0, 0.1) is 13.8 Å². The Bertz CT molecular complexity index is 731. The minimum absolute atomic E-state index is 0.0981. The summed E-state index contributed by atoms with van der Waals surface area (Å²) in [7, 11) is 3.26. The van der Waals surface area contributed by atoms with Gasteiger partial charge in [-0.15, -0.1) is 0 Å². The Balaban J connectivity index is 2.08. The molecule has 0 fully saturated rings. The number of rotatable bonds is 5. The molecule has 0 spiro atoms. The first kappa shape index (κ1) is 18.1. The van der Waals surface area contributed by atoms with Crippen LogP contribution in [0.15, 0.2) is 36.4 Å². The Kier molecular flexibility index (Phi) is 6.04. The number of thiocarbonyl (C=S) groups is 1. The summed E-state index contributed by atoms with van der Waals surface area (Å²) >= 11 is 5.44. The minimum atomic E-state index is 0.0981. The molecule has 4 nitrogen and oxygen atoms in total. The molecule has 0 heterocycles. The summed E-state index contributed by atoms with van der Waals surface area (Å²) in [4.78, 5) is 0. The predicted octanol–water partition coefficient (Wildman–Crippen LogP) is 4.37. The molecule has 0 radical (unpaired) electrons. The van der Waals surface area contributed by atoms with E-state index in [0.29, 0.717) is 10.9 Å². The lowest BCUT2D eigenvalue weighted by Gasteiger charge is -2.19. The first-order valence-electron chi connectivity index (χ1n) is 7.81. The first-order chi connectivity index (χ1) is 11.4. The van der Waals surface area contributed by atoms with E-state index < -0.39 is 0 Å². The highest BCUT2D eigenvalue weighted by molar-refractivity contribution is 7.80. The molecule has 0 saturated carbocycles. The standard InChI is InChI=1S/C19H24N2O2S/c1-12-6-7-15(10-13(12)2)14(3)20-19(24)21-17-11-16(22-4)8-9-18(17)23-5/h6-11,14H,1-5H3,(H2,20,21,24). The summed E-state index contributed by atoms with van der Waals surface area (Å²) in [5, 5.41) is 7.02. The van der Waals surface area contributed by atoms with Crippen molar-refractivity contribution in [3.63, 3.8) is 0 Å². The fraction of sp³-hybridized carbons (Fsp3) is 0.316. The van der Waals surface area contributed by atoms with Crippen molar-refractivity contribution in [2.45, 2.75) is 26.8 Å². The van der Waals surface area contributed by atoms with Crippen molar-refractivity contribution in [1.82, 2.24) is 5.32 Å². The summed E-state index contributed by atoms with van der Waals surface area (Å²) in [6.45, 7) is 6.31. The van der Waals surface area contributed by atoms with Crippen LogP contribution in [0.3, 0.4) is 0 Å². The van der Waals surface area contributed by atoms with E-state index in [2.05, 4.69) is 49.6 Å². The van der Waals surface area contributed by atoms with Gasteiger partial charge in [-0.25, -0.2) is 0 Å². The van der Waals surface area contributed by atoms with Gasteiger partial charge in [0.1, 0.15) is 11.5 Å². The average Bonchev–Trinajstić information content (AvgIpc) is 2.57. The van der Waals surface area contributed by atoms with Gasteiger partial charge in [-0.05, 0) is 61.8 Å². The summed E-state index contributed by atoms with van der Waals surface area (Å²) in [5.74, 6) is 1.45. The monoisotopic (exact) mass is 344 g/mol. The van der Waals surface area contributed by atoms with Gasteiger partial charge in [0, 0.05) is 6.07 Å². The lowest BCUT2D eigenvalue weighted by atomic mass is 10.0. The number of aryl methyl sites for hydroxylation is 2. The van der Waals surface area contributed by atoms with Crippen LogP contribution in [-0.4, -0.2) is 19.3 Å². The normalized spacial score (nSPS) is 11.5. The van der Waals surface area contributed by atoms with Crippen LogP contribution in [0.2, 0.25) is 0 Å². The van der Waals surface area contributed by atoms with Gasteiger partial charge in [0.2, 0.25) is 0 Å². The maximum atomic E-state index is 5.44. The van der Waals surface area contributed by atoms with Crippen molar-refractivity contribution >= 4 is 23.0 Å². The van der Waals surface area contributed by atoms with Crippen LogP contribution in [0.1, 0.15) is 29.7 Å². The summed E-state index contributed by atoms with van der Waals surface area (Å²) < 4.78 is 10.6. The van der Waals surface area contributed by atoms with Crippen LogP contribution >= 0.6 is 12.2 Å². The molecule has 5 heteroatoms. The smallest absolute Gasteiger partial charge is 0.171 e. The lowest BCUT2D eigenvalue weighted by molar-refractivity contribution is 0.405. The maximum Gasteiger partial charge on any atom is 0.171 e. The SMILES string of the molecule is COc1ccc(OC)c(NC(=S)NC(C)c2ccc(C)c(C)c2)c1. The van der Waals surface area contributed by atoms with Crippen LogP contribution in [0.4, 0.5) is 5.69 Å². The molecule has 1 atom stereocenters. The Labute approximate surface area is 149 Å². The second kappa shape index (κ2) is 8.02. The molecule has 2 rings (SSSR count). The van der Waals surface area contributed by atoms with E-state index in [1.165, 1.54) is 16.7 Å². The van der Waals surface area contributed by atoms with Crippen molar-refractivity contribution < 1.29 is 9.47 Å². The second-order valence-corrected chi connectivity index (χ2v) is 6.14. The molecule has 1 unspecified atom stereocenters. The number of nitrogens with one attached hydrogen (secondary N) is 2. The summed E-state index contributed by atoms with van der Waals surface area (Å²) in [6, 6.07) is 12.1. The van der Waals surface area contributed by atoms with Crippen molar-refractivity contribution in [2.75, 3.05) is 19.5 Å². The van der Waals surface area contributed by atoms with Gasteiger partial charge in [0.05, 0.1) is 25.9 Å². The molecule has 0 bridgehead atoms. The molecule has 0 saturated heterocycles. The average molecular weight is 344 g/mol. The molecule has 0 aliphatic carbocycles. The number of anilines is 1. The fourth-order valence-electron chi connectivity index (χ4n) is 2.38. The minimum Gasteiger partial charge on any atom is -0.497 e. The highest BCUT2D eigenvalue weighted by atomic mass is 32.1. The molecule has 0 aliphatic rings. The summed E-state index contributed by atoms with van der Waals surface area (Å²) in [5.41, 5.74) is 4.52. The van der Waals surface area contributed by atoms with E-state index in [1.54, 1.807) is 14.2 Å². The van der Waals surface area contributed by atoms with E-state index in [4.69, 9.17) is 21.7 Å². The van der Waals surface area contributed by atoms with E-state index in [1.807, 2.05) is 18.2 Å². The Morgan fingerprint density at radius 2 is 1.75 bits per heavy atom. The third kappa shape index (κ3) is 4.38. The van der Waals surface area contributed by atoms with Gasteiger partial charge >= 0.3 is 0 Å².